The third kappa shape index (κ3) is 3.03. The molecule has 126 valence electrons. The molecule has 0 saturated carbocycles. The zero-order valence-electron chi connectivity index (χ0n) is 13.3. The molecular formula is C18H12Br2N2O3. The average Bonchev–Trinajstić information content (AvgIpc) is 2.59. The van der Waals surface area contributed by atoms with Crippen molar-refractivity contribution < 1.29 is 13.9 Å². The molecule has 0 bridgehead atoms. The van der Waals surface area contributed by atoms with Crippen molar-refractivity contribution in [3.05, 3.63) is 50.4 Å². The van der Waals surface area contributed by atoms with E-state index in [1.807, 2.05) is 18.2 Å². The Morgan fingerprint density at radius 1 is 1.12 bits per heavy atom. The van der Waals surface area contributed by atoms with E-state index in [4.69, 9.17) is 19.3 Å². The molecule has 1 heterocycles. The molecule has 3 aromatic rings. The number of fused-ring (bicyclic) bond motifs is 1. The van der Waals surface area contributed by atoms with Crippen LogP contribution >= 0.6 is 31.9 Å². The molecule has 1 N–H and O–H groups in total. The van der Waals surface area contributed by atoms with Crippen LogP contribution in [-0.2, 0) is 0 Å². The Bertz CT molecular complexity index is 1080. The fourth-order valence-electron chi connectivity index (χ4n) is 2.67. The summed E-state index contributed by atoms with van der Waals surface area (Å²) in [7, 11) is 3.10. The quantitative estimate of drug-likeness (QED) is 0.593. The first-order valence-electron chi connectivity index (χ1n) is 7.13. The number of methoxy groups -OCH3 is 2. The topological polar surface area (TPSA) is 79.2 Å². The fraction of sp³-hybridized carbons (Fsp3) is 0.111. The minimum atomic E-state index is -0.186. The first-order valence-corrected chi connectivity index (χ1v) is 8.71. The molecule has 0 unspecified atom stereocenters. The lowest BCUT2D eigenvalue weighted by Crippen LogP contribution is -2.07. The maximum Gasteiger partial charge on any atom is 0.230 e. The second-order valence-corrected chi connectivity index (χ2v) is 6.90. The molecule has 0 aliphatic carbocycles. The molecule has 0 spiro atoms. The average molecular weight is 464 g/mol. The molecule has 0 fully saturated rings. The second kappa shape index (κ2) is 6.90. The number of ether oxygens (including phenoxy) is 2. The summed E-state index contributed by atoms with van der Waals surface area (Å²) >= 11 is 6.87. The lowest BCUT2D eigenvalue weighted by Gasteiger charge is -2.14. The van der Waals surface area contributed by atoms with Gasteiger partial charge in [0, 0.05) is 15.4 Å². The summed E-state index contributed by atoms with van der Waals surface area (Å²) in [6, 6.07) is 11.2. The highest BCUT2D eigenvalue weighted by atomic mass is 79.9. The third-order valence-corrected chi connectivity index (χ3v) is 4.82. The SMILES string of the molecule is COc1cc(-c2c(C#N)c(=N)oc3cc(Br)ccc23)cc(Br)c1OC. The normalized spacial score (nSPS) is 10.5. The van der Waals surface area contributed by atoms with Crippen LogP contribution in [0.25, 0.3) is 22.1 Å². The van der Waals surface area contributed by atoms with E-state index < -0.39 is 0 Å². The Morgan fingerprint density at radius 2 is 1.88 bits per heavy atom. The third-order valence-electron chi connectivity index (χ3n) is 3.74. The number of rotatable bonds is 3. The highest BCUT2D eigenvalue weighted by Crippen LogP contribution is 2.41. The molecule has 7 heteroatoms. The van der Waals surface area contributed by atoms with E-state index in [-0.39, 0.29) is 11.1 Å². The summed E-state index contributed by atoms with van der Waals surface area (Å²) in [5, 5.41) is 18.4. The van der Waals surface area contributed by atoms with Gasteiger partial charge in [-0.2, -0.15) is 5.26 Å². The first kappa shape index (κ1) is 17.5. The van der Waals surface area contributed by atoms with E-state index in [1.165, 1.54) is 0 Å². The molecule has 0 amide bonds. The van der Waals surface area contributed by atoms with Crippen molar-refractivity contribution >= 4 is 42.8 Å². The molecular weight excluding hydrogens is 452 g/mol. The van der Waals surface area contributed by atoms with Gasteiger partial charge in [0.1, 0.15) is 17.2 Å². The molecule has 5 nitrogen and oxygen atoms in total. The van der Waals surface area contributed by atoms with Gasteiger partial charge in [0.2, 0.25) is 5.55 Å². The van der Waals surface area contributed by atoms with Crippen molar-refractivity contribution in [3.63, 3.8) is 0 Å². The number of halogens is 2. The molecule has 3 rings (SSSR count). The molecule has 25 heavy (non-hydrogen) atoms. The number of benzene rings is 2. The van der Waals surface area contributed by atoms with Gasteiger partial charge >= 0.3 is 0 Å². The van der Waals surface area contributed by atoms with Gasteiger partial charge in [-0.25, -0.2) is 0 Å². The summed E-state index contributed by atoms with van der Waals surface area (Å²) in [5.74, 6) is 1.08. The summed E-state index contributed by atoms with van der Waals surface area (Å²) in [6.45, 7) is 0. The van der Waals surface area contributed by atoms with Gasteiger partial charge in [0.15, 0.2) is 11.5 Å². The Labute approximate surface area is 160 Å². The van der Waals surface area contributed by atoms with Crippen LogP contribution in [0, 0.1) is 16.7 Å². The van der Waals surface area contributed by atoms with Gasteiger partial charge in [0.25, 0.3) is 0 Å². The molecule has 0 aliphatic rings. The van der Waals surface area contributed by atoms with Gasteiger partial charge in [0.05, 0.1) is 18.7 Å². The van der Waals surface area contributed by atoms with Crippen LogP contribution in [0.3, 0.4) is 0 Å². The van der Waals surface area contributed by atoms with Crippen molar-refractivity contribution in [1.82, 2.24) is 0 Å². The van der Waals surface area contributed by atoms with Crippen LogP contribution in [0.5, 0.6) is 11.5 Å². The Morgan fingerprint density at radius 3 is 2.52 bits per heavy atom. The Kier molecular flexibility index (Phi) is 4.84. The van der Waals surface area contributed by atoms with Crippen molar-refractivity contribution in [2.75, 3.05) is 14.2 Å². The first-order chi connectivity index (χ1) is 12.0. The van der Waals surface area contributed by atoms with Crippen LogP contribution in [0.4, 0.5) is 0 Å². The fourth-order valence-corrected chi connectivity index (χ4v) is 3.61. The zero-order valence-corrected chi connectivity index (χ0v) is 16.5. The van der Waals surface area contributed by atoms with Crippen molar-refractivity contribution in [3.8, 4) is 28.7 Å². The van der Waals surface area contributed by atoms with Crippen LogP contribution in [0.2, 0.25) is 0 Å². The zero-order chi connectivity index (χ0) is 18.1. The summed E-state index contributed by atoms with van der Waals surface area (Å²) in [6.07, 6.45) is 0. The molecule has 0 saturated heterocycles. The number of nitrogens with one attached hydrogen (secondary N) is 1. The van der Waals surface area contributed by atoms with Crippen LogP contribution < -0.4 is 15.0 Å². The summed E-state index contributed by atoms with van der Waals surface area (Å²) in [5.41, 5.74) is 1.82. The van der Waals surface area contributed by atoms with E-state index in [0.717, 1.165) is 15.4 Å². The number of nitrogens with zero attached hydrogens (tertiary/aromatic N) is 1. The summed E-state index contributed by atoms with van der Waals surface area (Å²) in [4.78, 5) is 0. The lowest BCUT2D eigenvalue weighted by atomic mass is 9.97. The maximum atomic E-state index is 9.56. The van der Waals surface area contributed by atoms with Gasteiger partial charge in [-0.15, -0.1) is 0 Å². The minimum Gasteiger partial charge on any atom is -0.493 e. The number of nitriles is 1. The van der Waals surface area contributed by atoms with Gasteiger partial charge in [-0.1, -0.05) is 15.9 Å². The standard InChI is InChI=1S/C18H12Br2N2O3/c1-23-15-6-9(5-13(20)17(15)24-2)16-11-4-3-10(19)7-14(11)25-18(22)12(16)8-21/h3-7,22H,1-2H3. The highest BCUT2D eigenvalue weighted by Gasteiger charge is 2.18. The molecule has 2 aromatic carbocycles. The largest absolute Gasteiger partial charge is 0.493 e. The molecule has 0 radical (unpaired) electrons. The van der Waals surface area contributed by atoms with Gasteiger partial charge in [-0.05, 0) is 51.8 Å². The van der Waals surface area contributed by atoms with Crippen LogP contribution in [-0.4, -0.2) is 14.2 Å². The highest BCUT2D eigenvalue weighted by molar-refractivity contribution is 9.10. The van der Waals surface area contributed by atoms with E-state index in [0.29, 0.717) is 27.1 Å². The van der Waals surface area contributed by atoms with E-state index >= 15 is 0 Å². The van der Waals surface area contributed by atoms with Gasteiger partial charge < -0.3 is 13.9 Å². The molecule has 1 aromatic heterocycles. The predicted octanol–water partition coefficient (Wildman–Crippen LogP) is 4.99. The van der Waals surface area contributed by atoms with E-state index in [1.54, 1.807) is 26.4 Å². The Balaban J connectivity index is 2.45. The van der Waals surface area contributed by atoms with E-state index in [2.05, 4.69) is 37.9 Å². The Hall–Kier alpha value is -2.30. The lowest BCUT2D eigenvalue weighted by molar-refractivity contribution is 0.353. The monoisotopic (exact) mass is 462 g/mol. The number of hydrogen-bond donors (Lipinski definition) is 1. The number of hydrogen-bond acceptors (Lipinski definition) is 5. The van der Waals surface area contributed by atoms with Crippen molar-refractivity contribution in [2.24, 2.45) is 0 Å². The van der Waals surface area contributed by atoms with Gasteiger partial charge in [-0.3, -0.25) is 5.41 Å². The predicted molar refractivity (Wildman–Crippen MR) is 101 cm³/mol. The maximum absolute atomic E-state index is 9.56. The molecule has 0 atom stereocenters. The minimum absolute atomic E-state index is 0.161. The van der Waals surface area contributed by atoms with Crippen LogP contribution in [0.1, 0.15) is 5.56 Å². The smallest absolute Gasteiger partial charge is 0.230 e. The summed E-state index contributed by atoms with van der Waals surface area (Å²) < 4.78 is 17.8. The van der Waals surface area contributed by atoms with Crippen molar-refractivity contribution in [2.45, 2.75) is 0 Å². The van der Waals surface area contributed by atoms with Crippen molar-refractivity contribution in [1.29, 1.82) is 10.7 Å². The van der Waals surface area contributed by atoms with E-state index in [9.17, 15) is 5.26 Å². The van der Waals surface area contributed by atoms with Crippen LogP contribution in [0.15, 0.2) is 43.7 Å². The molecule has 0 aliphatic heterocycles. The second-order valence-electron chi connectivity index (χ2n) is 5.13.